The monoisotopic (exact) mass is 624 g/mol. The zero-order chi connectivity index (χ0) is 23.2. The van der Waals surface area contributed by atoms with Gasteiger partial charge in [-0.2, -0.15) is 0 Å². The second-order valence-corrected chi connectivity index (χ2v) is 8.20. The van der Waals surface area contributed by atoms with E-state index in [0.717, 1.165) is 28.9 Å². The van der Waals surface area contributed by atoms with Crippen molar-refractivity contribution in [3.63, 3.8) is 0 Å². The van der Waals surface area contributed by atoms with Crippen LogP contribution in [-0.4, -0.2) is 27.5 Å². The first kappa shape index (κ1) is 25.7. The maximum atomic E-state index is 13.7. The van der Waals surface area contributed by atoms with E-state index >= 15 is 0 Å². The molecule has 1 aliphatic rings. The van der Waals surface area contributed by atoms with Crippen molar-refractivity contribution in [2.24, 2.45) is 0 Å². The zero-order valence-corrected chi connectivity index (χ0v) is 22.1. The second kappa shape index (κ2) is 12.0. The van der Waals surface area contributed by atoms with E-state index in [1.54, 1.807) is 16.7 Å². The van der Waals surface area contributed by atoms with Crippen molar-refractivity contribution < 1.29 is 25.5 Å². The van der Waals surface area contributed by atoms with Crippen LogP contribution in [0.15, 0.2) is 102 Å². The van der Waals surface area contributed by atoms with Crippen molar-refractivity contribution in [1.29, 1.82) is 0 Å². The normalized spacial score (nSPS) is 14.4. The van der Waals surface area contributed by atoms with Crippen molar-refractivity contribution in [1.82, 2.24) is 14.5 Å². The molecule has 0 saturated heterocycles. The molecule has 0 fully saturated rings. The third-order valence-corrected chi connectivity index (χ3v) is 5.85. The topological polar surface area (TPSA) is 38.1 Å². The van der Waals surface area contributed by atoms with Crippen molar-refractivity contribution in [3.8, 4) is 0 Å². The summed E-state index contributed by atoms with van der Waals surface area (Å²) in [5, 5.41) is 0. The predicted molar refractivity (Wildman–Crippen MR) is 130 cm³/mol. The molecule has 1 aliphatic heterocycles. The molecular formula is C28H27FN3OW-. The van der Waals surface area contributed by atoms with Crippen LogP contribution in [0.3, 0.4) is 0 Å². The van der Waals surface area contributed by atoms with Crippen LogP contribution in [0.1, 0.15) is 35.3 Å². The van der Waals surface area contributed by atoms with Gasteiger partial charge in [-0.3, -0.25) is 4.90 Å². The van der Waals surface area contributed by atoms with Gasteiger partial charge in [-0.15, -0.1) is 0 Å². The van der Waals surface area contributed by atoms with Gasteiger partial charge >= 0.3 is 0 Å². The summed E-state index contributed by atoms with van der Waals surface area (Å²) in [5.41, 5.74) is 4.32. The van der Waals surface area contributed by atoms with Gasteiger partial charge in [0, 0.05) is 40.5 Å². The van der Waals surface area contributed by atoms with Gasteiger partial charge in [0.2, 0.25) is 0 Å². The molecule has 0 aliphatic carbocycles. The van der Waals surface area contributed by atoms with Gasteiger partial charge in [0.15, 0.2) is 0 Å². The first-order valence-corrected chi connectivity index (χ1v) is 11.1. The molecule has 174 valence electrons. The molecule has 0 atom stereocenters. The molecule has 4 rings (SSSR count). The number of hydrogen-bond donors (Lipinski definition) is 0. The summed E-state index contributed by atoms with van der Waals surface area (Å²) in [6.07, 6.45) is 8.58. The molecule has 0 radical (unpaired) electrons. The van der Waals surface area contributed by atoms with E-state index in [4.69, 9.17) is 0 Å². The predicted octanol–water partition coefficient (Wildman–Crippen LogP) is 5.02. The molecule has 0 bridgehead atoms. The van der Waals surface area contributed by atoms with Gasteiger partial charge in [0.1, 0.15) is 5.56 Å². The Morgan fingerprint density at radius 3 is 2.29 bits per heavy atom. The Kier molecular flexibility index (Phi) is 9.09. The van der Waals surface area contributed by atoms with Crippen LogP contribution in [0, 0.1) is 6.33 Å². The standard InChI is InChI=1S/C28H27FN3O.W/c1-3-22(15-14-21(2)29)18-31-17-16-26-25(19-31)28(33)32(20-30-26)27(23-10-6-4-7-11-23)24-12-8-5-9-13-24;/h3-15,27H,1,16-19H2,2H3;/q-1;/b21-14+,22-15+;. The molecule has 3 aromatic rings. The van der Waals surface area contributed by atoms with Gasteiger partial charge < -0.3 is 14.3 Å². The van der Waals surface area contributed by atoms with Crippen molar-refractivity contribution >= 4 is 0 Å². The van der Waals surface area contributed by atoms with Crippen LogP contribution in [0.5, 0.6) is 0 Å². The number of rotatable bonds is 7. The first-order valence-electron chi connectivity index (χ1n) is 11.1. The van der Waals surface area contributed by atoms with Crippen LogP contribution in [0.2, 0.25) is 0 Å². The van der Waals surface area contributed by atoms with Gasteiger partial charge in [0.25, 0.3) is 0 Å². The molecule has 0 amide bonds. The molecule has 4 nitrogen and oxygen atoms in total. The van der Waals surface area contributed by atoms with E-state index in [2.05, 4.69) is 22.8 Å². The molecular weight excluding hydrogens is 597 g/mol. The number of hydrogen-bond acceptors (Lipinski definition) is 3. The Morgan fingerprint density at radius 2 is 1.74 bits per heavy atom. The third kappa shape index (κ3) is 5.97. The number of halogens is 1. The van der Waals surface area contributed by atoms with Crippen molar-refractivity contribution in [2.45, 2.75) is 25.9 Å². The van der Waals surface area contributed by atoms with E-state index in [1.807, 2.05) is 60.7 Å². The van der Waals surface area contributed by atoms with Crippen molar-refractivity contribution in [2.75, 3.05) is 13.1 Å². The summed E-state index contributed by atoms with van der Waals surface area (Å²) in [6.45, 7) is 7.09. The van der Waals surface area contributed by atoms with Crippen LogP contribution >= 0.6 is 0 Å². The fourth-order valence-corrected chi connectivity index (χ4v) is 4.16. The van der Waals surface area contributed by atoms with Crippen LogP contribution < -0.4 is 5.56 Å². The molecule has 6 heteroatoms. The quantitative estimate of drug-likeness (QED) is 0.274. The minimum atomic E-state index is -0.311. The summed E-state index contributed by atoms with van der Waals surface area (Å²) in [4.78, 5) is 20.4. The fraction of sp³-hybridized carbons (Fsp3) is 0.214. The van der Waals surface area contributed by atoms with Crippen LogP contribution in [0.25, 0.3) is 0 Å². The van der Waals surface area contributed by atoms with Gasteiger partial charge in [-0.1, -0.05) is 90.7 Å². The summed E-state index contributed by atoms with van der Waals surface area (Å²) in [5.74, 6) is -0.256. The average molecular weight is 624 g/mol. The van der Waals surface area contributed by atoms with E-state index in [-0.39, 0.29) is 38.5 Å². The molecule has 0 saturated carbocycles. The maximum absolute atomic E-state index is 13.7. The van der Waals surface area contributed by atoms with E-state index in [1.165, 1.54) is 13.0 Å². The first-order chi connectivity index (χ1) is 16.1. The fourth-order valence-electron chi connectivity index (χ4n) is 4.16. The number of nitrogens with zero attached hydrogens (tertiary/aromatic N) is 3. The molecule has 0 unspecified atom stereocenters. The Morgan fingerprint density at radius 1 is 1.12 bits per heavy atom. The zero-order valence-electron chi connectivity index (χ0n) is 19.2. The third-order valence-electron chi connectivity index (χ3n) is 5.85. The Labute approximate surface area is 214 Å². The summed E-state index contributed by atoms with van der Waals surface area (Å²) in [7, 11) is 0. The minimum absolute atomic E-state index is 0. The molecule has 2 heterocycles. The molecule has 0 N–H and O–H groups in total. The molecule has 34 heavy (non-hydrogen) atoms. The van der Waals surface area contributed by atoms with E-state index in [0.29, 0.717) is 25.1 Å². The maximum Gasteiger partial charge on any atom is 0.144 e. The summed E-state index contributed by atoms with van der Waals surface area (Å²) in [6, 6.07) is 19.6. The number of benzene rings is 2. The second-order valence-electron chi connectivity index (χ2n) is 8.20. The molecule has 2 aromatic carbocycles. The largest absolute Gasteiger partial charge is 0.397 e. The van der Waals surface area contributed by atoms with Crippen molar-refractivity contribution in [3.05, 3.63) is 136 Å². The average Bonchev–Trinajstić information content (AvgIpc) is 2.85. The number of aromatic nitrogens is 2. The number of fused-ring (bicyclic) bond motifs is 1. The summed E-state index contributed by atoms with van der Waals surface area (Å²) >= 11 is 0. The Balaban J connectivity index is 0.00000324. The van der Waals surface area contributed by atoms with Crippen LogP contribution in [0.4, 0.5) is 4.39 Å². The van der Waals surface area contributed by atoms with E-state index in [9.17, 15) is 9.18 Å². The SMILES string of the molecule is C=C/C(=C\C=C(/C)F)CN1CCc2n[c-]n(C(c3ccccc3)c3ccccc3)c(=O)c2C1.[W]. The molecule has 1 aromatic heterocycles. The van der Waals surface area contributed by atoms with Gasteiger partial charge in [0.05, 0.1) is 11.9 Å². The molecule has 0 spiro atoms. The number of allylic oxidation sites excluding steroid dienone is 3. The minimum Gasteiger partial charge on any atom is -0.397 e. The van der Waals surface area contributed by atoms with Crippen LogP contribution in [-0.2, 0) is 34.0 Å². The van der Waals surface area contributed by atoms with Gasteiger partial charge in [-0.05, 0) is 42.7 Å². The van der Waals surface area contributed by atoms with Gasteiger partial charge in [-0.25, -0.2) is 4.39 Å². The Hall–Kier alpha value is -2.88. The summed E-state index contributed by atoms with van der Waals surface area (Å²) < 4.78 is 14.8. The smallest absolute Gasteiger partial charge is 0.144 e. The Bertz CT molecular complexity index is 1190. The van der Waals surface area contributed by atoms with E-state index < -0.39 is 0 Å².